The van der Waals surface area contributed by atoms with E-state index in [0.29, 0.717) is 10.7 Å². The van der Waals surface area contributed by atoms with Gasteiger partial charge < -0.3 is 15.5 Å². The molecule has 0 aliphatic carbocycles. The first-order valence-electron chi connectivity index (χ1n) is 6.57. The quantitative estimate of drug-likeness (QED) is 0.866. The van der Waals surface area contributed by atoms with Gasteiger partial charge in [-0.15, -0.1) is 0 Å². The average molecular weight is 282 g/mol. The number of nitrogen functional groups attached to an aromatic ring is 1. The molecule has 4 nitrogen and oxygen atoms in total. The van der Waals surface area contributed by atoms with Gasteiger partial charge >= 0.3 is 0 Å². The SMILES string of the molecule is CC(C(=O)N1CCCC1)N(C)c1cc(Cl)ccc1N. The van der Waals surface area contributed by atoms with Crippen LogP contribution in [-0.4, -0.2) is 37.0 Å². The highest BCUT2D eigenvalue weighted by atomic mass is 35.5. The van der Waals surface area contributed by atoms with Crippen LogP contribution >= 0.6 is 11.6 Å². The minimum Gasteiger partial charge on any atom is -0.397 e. The van der Waals surface area contributed by atoms with Crippen LogP contribution in [-0.2, 0) is 4.79 Å². The topological polar surface area (TPSA) is 49.6 Å². The molecule has 2 N–H and O–H groups in total. The van der Waals surface area contributed by atoms with Crippen LogP contribution in [0.4, 0.5) is 11.4 Å². The van der Waals surface area contributed by atoms with Gasteiger partial charge in [-0.3, -0.25) is 4.79 Å². The Bertz CT molecular complexity index is 472. The number of nitrogens with zero attached hydrogens (tertiary/aromatic N) is 2. The van der Waals surface area contributed by atoms with E-state index in [9.17, 15) is 4.79 Å². The molecule has 0 radical (unpaired) electrons. The number of halogens is 1. The van der Waals surface area contributed by atoms with Gasteiger partial charge in [-0.25, -0.2) is 0 Å². The van der Waals surface area contributed by atoms with Crippen molar-refractivity contribution in [2.24, 2.45) is 0 Å². The lowest BCUT2D eigenvalue weighted by Gasteiger charge is -2.30. The summed E-state index contributed by atoms with van der Waals surface area (Å²) in [5.41, 5.74) is 7.39. The van der Waals surface area contributed by atoms with Gasteiger partial charge in [0.2, 0.25) is 5.91 Å². The lowest BCUT2D eigenvalue weighted by molar-refractivity contribution is -0.131. The second-order valence-corrected chi connectivity index (χ2v) is 5.46. The smallest absolute Gasteiger partial charge is 0.244 e. The fraction of sp³-hybridized carbons (Fsp3) is 0.500. The van der Waals surface area contributed by atoms with E-state index >= 15 is 0 Å². The Kier molecular flexibility index (Phi) is 4.20. The Balaban J connectivity index is 2.15. The summed E-state index contributed by atoms with van der Waals surface area (Å²) in [4.78, 5) is 16.2. The maximum Gasteiger partial charge on any atom is 0.244 e. The molecule has 1 unspecified atom stereocenters. The Hall–Kier alpha value is -1.42. The highest BCUT2D eigenvalue weighted by molar-refractivity contribution is 6.31. The number of likely N-dealkylation sites (tertiary alicyclic amines) is 1. The van der Waals surface area contributed by atoms with Crippen LogP contribution in [0.15, 0.2) is 18.2 Å². The minimum absolute atomic E-state index is 0.152. The molecule has 0 spiro atoms. The molecular weight excluding hydrogens is 262 g/mol. The van der Waals surface area contributed by atoms with E-state index in [1.807, 2.05) is 23.8 Å². The van der Waals surface area contributed by atoms with Gasteiger partial charge in [0.25, 0.3) is 0 Å². The van der Waals surface area contributed by atoms with Crippen molar-refractivity contribution in [3.63, 3.8) is 0 Å². The molecule has 2 rings (SSSR count). The molecule has 1 aliphatic rings. The van der Waals surface area contributed by atoms with Crippen molar-refractivity contribution in [3.8, 4) is 0 Å². The van der Waals surface area contributed by atoms with Crippen molar-refractivity contribution >= 4 is 28.9 Å². The Morgan fingerprint density at radius 3 is 2.68 bits per heavy atom. The standard InChI is InChI=1S/C14H20ClN3O/c1-10(14(19)18-7-3-4-8-18)17(2)13-9-11(15)5-6-12(13)16/h5-6,9-10H,3-4,7-8,16H2,1-2H3. The number of anilines is 2. The van der Waals surface area contributed by atoms with E-state index in [1.54, 1.807) is 18.2 Å². The molecule has 0 bridgehead atoms. The van der Waals surface area contributed by atoms with E-state index < -0.39 is 0 Å². The molecule has 0 aromatic heterocycles. The van der Waals surface area contributed by atoms with Gasteiger partial charge in [0.1, 0.15) is 6.04 Å². The lowest BCUT2D eigenvalue weighted by atomic mass is 10.2. The summed E-state index contributed by atoms with van der Waals surface area (Å²) in [5, 5.41) is 0.622. The van der Waals surface area contributed by atoms with Crippen molar-refractivity contribution < 1.29 is 4.79 Å². The van der Waals surface area contributed by atoms with Gasteiger partial charge in [0.05, 0.1) is 11.4 Å². The highest BCUT2D eigenvalue weighted by Gasteiger charge is 2.26. The Morgan fingerprint density at radius 2 is 2.05 bits per heavy atom. The van der Waals surface area contributed by atoms with Gasteiger partial charge in [-0.1, -0.05) is 11.6 Å². The molecule has 1 amide bonds. The maximum atomic E-state index is 12.4. The van der Waals surface area contributed by atoms with E-state index in [2.05, 4.69) is 0 Å². The Labute approximate surface area is 119 Å². The number of nitrogens with two attached hydrogens (primary N) is 1. The number of carbonyl (C=O) groups is 1. The number of amides is 1. The third-order valence-corrected chi connectivity index (χ3v) is 3.96. The molecule has 5 heteroatoms. The summed E-state index contributed by atoms with van der Waals surface area (Å²) in [7, 11) is 1.88. The van der Waals surface area contributed by atoms with Crippen LogP contribution in [0, 0.1) is 0 Å². The summed E-state index contributed by atoms with van der Waals surface area (Å²) in [5.74, 6) is 0.152. The molecule has 1 aromatic carbocycles. The maximum absolute atomic E-state index is 12.4. The van der Waals surface area contributed by atoms with E-state index in [0.717, 1.165) is 31.6 Å². The van der Waals surface area contributed by atoms with Crippen molar-refractivity contribution in [1.82, 2.24) is 4.90 Å². The summed E-state index contributed by atoms with van der Waals surface area (Å²) >= 11 is 5.99. The van der Waals surface area contributed by atoms with Crippen molar-refractivity contribution in [3.05, 3.63) is 23.2 Å². The molecular formula is C14H20ClN3O. The molecule has 1 atom stereocenters. The number of hydrogen-bond donors (Lipinski definition) is 1. The van der Waals surface area contributed by atoms with Crippen molar-refractivity contribution in [1.29, 1.82) is 0 Å². The van der Waals surface area contributed by atoms with Gasteiger partial charge in [-0.05, 0) is 38.0 Å². The summed E-state index contributed by atoms with van der Waals surface area (Å²) < 4.78 is 0. The van der Waals surface area contributed by atoms with Crippen LogP contribution in [0.1, 0.15) is 19.8 Å². The summed E-state index contributed by atoms with van der Waals surface area (Å²) in [6.45, 7) is 3.63. The largest absolute Gasteiger partial charge is 0.397 e. The number of carbonyl (C=O) groups excluding carboxylic acids is 1. The van der Waals surface area contributed by atoms with Crippen LogP contribution in [0.3, 0.4) is 0 Å². The number of hydrogen-bond acceptors (Lipinski definition) is 3. The molecule has 1 aromatic rings. The van der Waals surface area contributed by atoms with E-state index in [1.165, 1.54) is 0 Å². The minimum atomic E-state index is -0.237. The predicted octanol–water partition coefficient (Wildman–Crippen LogP) is 2.37. The first-order valence-corrected chi connectivity index (χ1v) is 6.95. The Morgan fingerprint density at radius 1 is 1.42 bits per heavy atom. The molecule has 1 heterocycles. The zero-order valence-electron chi connectivity index (χ0n) is 11.4. The van der Waals surface area contributed by atoms with Crippen molar-refractivity contribution in [2.75, 3.05) is 30.8 Å². The van der Waals surface area contributed by atoms with Crippen LogP contribution in [0.2, 0.25) is 5.02 Å². The van der Waals surface area contributed by atoms with Gasteiger partial charge in [0.15, 0.2) is 0 Å². The number of benzene rings is 1. The molecule has 1 fully saturated rings. The summed E-state index contributed by atoms with van der Waals surface area (Å²) in [6, 6.07) is 5.08. The zero-order chi connectivity index (χ0) is 14.0. The first kappa shape index (κ1) is 14.0. The lowest BCUT2D eigenvalue weighted by Crippen LogP contribution is -2.44. The number of likely N-dealkylation sites (N-methyl/N-ethyl adjacent to an activating group) is 1. The fourth-order valence-electron chi connectivity index (χ4n) is 2.40. The number of rotatable bonds is 3. The molecule has 1 aliphatic heterocycles. The van der Waals surface area contributed by atoms with Crippen LogP contribution in [0.5, 0.6) is 0 Å². The van der Waals surface area contributed by atoms with Gasteiger partial charge in [0, 0.05) is 25.2 Å². The molecule has 104 valence electrons. The third-order valence-electron chi connectivity index (χ3n) is 3.73. The van der Waals surface area contributed by atoms with E-state index in [-0.39, 0.29) is 11.9 Å². The normalized spacial score (nSPS) is 16.5. The average Bonchev–Trinajstić information content (AvgIpc) is 2.93. The second-order valence-electron chi connectivity index (χ2n) is 5.02. The predicted molar refractivity (Wildman–Crippen MR) is 79.5 cm³/mol. The second kappa shape index (κ2) is 5.70. The summed E-state index contributed by atoms with van der Waals surface area (Å²) in [6.07, 6.45) is 2.20. The molecule has 19 heavy (non-hydrogen) atoms. The molecule has 1 saturated heterocycles. The van der Waals surface area contributed by atoms with Crippen LogP contribution < -0.4 is 10.6 Å². The monoisotopic (exact) mass is 281 g/mol. The van der Waals surface area contributed by atoms with Gasteiger partial charge in [-0.2, -0.15) is 0 Å². The first-order chi connectivity index (χ1) is 9.00. The highest BCUT2D eigenvalue weighted by Crippen LogP contribution is 2.28. The molecule has 0 saturated carbocycles. The zero-order valence-corrected chi connectivity index (χ0v) is 12.2. The van der Waals surface area contributed by atoms with E-state index in [4.69, 9.17) is 17.3 Å². The van der Waals surface area contributed by atoms with Crippen molar-refractivity contribution in [2.45, 2.75) is 25.8 Å². The third kappa shape index (κ3) is 2.95. The fourth-order valence-corrected chi connectivity index (χ4v) is 2.56. The van der Waals surface area contributed by atoms with Crippen LogP contribution in [0.25, 0.3) is 0 Å².